The lowest BCUT2D eigenvalue weighted by Crippen LogP contribution is -2.28. The highest BCUT2D eigenvalue weighted by molar-refractivity contribution is 5.97. The number of anilines is 1. The number of aromatic nitrogens is 1. The van der Waals surface area contributed by atoms with Gasteiger partial charge in [-0.3, -0.25) is 14.4 Å². The van der Waals surface area contributed by atoms with Crippen molar-refractivity contribution in [2.75, 3.05) is 19.0 Å². The van der Waals surface area contributed by atoms with Crippen LogP contribution in [0.15, 0.2) is 105 Å². The summed E-state index contributed by atoms with van der Waals surface area (Å²) in [6.45, 7) is 5.55. The van der Waals surface area contributed by atoms with Gasteiger partial charge in [-0.25, -0.2) is 4.99 Å². The second-order valence-corrected chi connectivity index (χ2v) is 8.54. The standard InChI is InChI=1S/C30H29N7O/c1-20(36-29(34-3)23(17-31)18-35-19-32)27-16-22-10-8-14-26(21-9-7-11-24(15-21)33-2)28(22)30(38)37(27)25-12-5-4-6-13-25/h4-16,18,20,33,36H,3,19,32H2,1-2H3/b29-23+,35-18-/t20-/m0/s1. The number of aliphatic imine (C=N–C) groups is 2. The molecule has 1 aromatic heterocycles. The van der Waals surface area contributed by atoms with Crippen LogP contribution in [0.4, 0.5) is 5.69 Å². The summed E-state index contributed by atoms with van der Waals surface area (Å²) in [4.78, 5) is 22.2. The lowest BCUT2D eigenvalue weighted by atomic mass is 9.97. The number of benzene rings is 3. The zero-order valence-electron chi connectivity index (χ0n) is 21.3. The Labute approximate surface area is 221 Å². The molecular formula is C30H29N7O. The van der Waals surface area contributed by atoms with E-state index < -0.39 is 6.04 Å². The van der Waals surface area contributed by atoms with Gasteiger partial charge >= 0.3 is 0 Å². The third-order valence-electron chi connectivity index (χ3n) is 6.21. The van der Waals surface area contributed by atoms with E-state index in [9.17, 15) is 10.1 Å². The first-order chi connectivity index (χ1) is 18.5. The summed E-state index contributed by atoms with van der Waals surface area (Å²) < 4.78 is 1.70. The highest BCUT2D eigenvalue weighted by Crippen LogP contribution is 2.30. The van der Waals surface area contributed by atoms with E-state index in [0.29, 0.717) is 11.1 Å². The molecule has 1 heterocycles. The molecule has 0 aliphatic carbocycles. The number of rotatable bonds is 9. The van der Waals surface area contributed by atoms with Crippen LogP contribution in [-0.2, 0) is 0 Å². The van der Waals surface area contributed by atoms with Crippen molar-refractivity contribution in [1.82, 2.24) is 9.88 Å². The van der Waals surface area contributed by atoms with Crippen molar-refractivity contribution in [3.63, 3.8) is 0 Å². The van der Waals surface area contributed by atoms with E-state index in [1.54, 1.807) is 4.57 Å². The molecule has 0 unspecified atom stereocenters. The summed E-state index contributed by atoms with van der Waals surface area (Å²) in [5, 5.41) is 17.4. The van der Waals surface area contributed by atoms with E-state index in [0.717, 1.165) is 27.9 Å². The number of nitrogens with zero attached hydrogens (tertiary/aromatic N) is 4. The largest absolute Gasteiger partial charge is 0.388 e. The Bertz CT molecular complexity index is 1630. The number of nitriles is 1. The van der Waals surface area contributed by atoms with Gasteiger partial charge in [0.1, 0.15) is 17.5 Å². The van der Waals surface area contributed by atoms with Crippen molar-refractivity contribution in [2.45, 2.75) is 13.0 Å². The van der Waals surface area contributed by atoms with Crippen LogP contribution in [0.2, 0.25) is 0 Å². The fourth-order valence-electron chi connectivity index (χ4n) is 4.40. The predicted molar refractivity (Wildman–Crippen MR) is 156 cm³/mol. The molecule has 190 valence electrons. The van der Waals surface area contributed by atoms with E-state index in [2.05, 4.69) is 33.4 Å². The molecular weight excluding hydrogens is 474 g/mol. The zero-order valence-corrected chi connectivity index (χ0v) is 21.3. The van der Waals surface area contributed by atoms with Gasteiger partial charge < -0.3 is 16.4 Å². The second kappa shape index (κ2) is 11.8. The van der Waals surface area contributed by atoms with E-state index in [1.165, 1.54) is 6.21 Å². The molecule has 8 heteroatoms. The highest BCUT2D eigenvalue weighted by Gasteiger charge is 2.20. The number of allylic oxidation sites excluding steroid dienone is 1. The van der Waals surface area contributed by atoms with Crippen molar-refractivity contribution < 1.29 is 0 Å². The number of fused-ring (bicyclic) bond motifs is 1. The predicted octanol–water partition coefficient (Wildman–Crippen LogP) is 4.77. The molecule has 0 amide bonds. The first-order valence-electron chi connectivity index (χ1n) is 12.1. The molecule has 0 radical (unpaired) electrons. The average Bonchev–Trinajstić information content (AvgIpc) is 2.96. The summed E-state index contributed by atoms with van der Waals surface area (Å²) >= 11 is 0. The summed E-state index contributed by atoms with van der Waals surface area (Å²) in [6.07, 6.45) is 1.36. The van der Waals surface area contributed by atoms with Gasteiger partial charge in [-0.15, -0.1) is 0 Å². The molecule has 38 heavy (non-hydrogen) atoms. The van der Waals surface area contributed by atoms with Gasteiger partial charge in [0.05, 0.1) is 18.1 Å². The Hall–Kier alpha value is -5.00. The second-order valence-electron chi connectivity index (χ2n) is 8.54. The Morgan fingerprint density at radius 3 is 2.58 bits per heavy atom. The maximum absolute atomic E-state index is 14.3. The molecule has 0 aliphatic heterocycles. The Kier molecular flexibility index (Phi) is 8.11. The van der Waals surface area contributed by atoms with Crippen LogP contribution in [0, 0.1) is 11.3 Å². The van der Waals surface area contributed by atoms with E-state index in [4.69, 9.17) is 5.73 Å². The summed E-state index contributed by atoms with van der Waals surface area (Å²) in [5.41, 5.74) is 9.67. The van der Waals surface area contributed by atoms with Crippen molar-refractivity contribution in [3.05, 3.63) is 106 Å². The molecule has 0 saturated heterocycles. The van der Waals surface area contributed by atoms with Crippen LogP contribution in [0.25, 0.3) is 27.6 Å². The van der Waals surface area contributed by atoms with E-state index in [-0.39, 0.29) is 23.6 Å². The van der Waals surface area contributed by atoms with Gasteiger partial charge in [-0.05, 0) is 60.5 Å². The first kappa shape index (κ1) is 26.1. The lowest BCUT2D eigenvalue weighted by Gasteiger charge is -2.22. The minimum Gasteiger partial charge on any atom is -0.388 e. The quantitative estimate of drug-likeness (QED) is 0.224. The van der Waals surface area contributed by atoms with Gasteiger partial charge in [0.15, 0.2) is 0 Å². The first-order valence-corrected chi connectivity index (χ1v) is 12.1. The molecule has 4 aromatic rings. The van der Waals surface area contributed by atoms with Crippen LogP contribution in [0.1, 0.15) is 18.7 Å². The van der Waals surface area contributed by atoms with Gasteiger partial charge in [-0.2, -0.15) is 5.26 Å². The number of para-hydroxylation sites is 1. The van der Waals surface area contributed by atoms with E-state index in [1.807, 2.05) is 92.8 Å². The van der Waals surface area contributed by atoms with E-state index >= 15 is 0 Å². The van der Waals surface area contributed by atoms with Gasteiger partial charge in [-0.1, -0.05) is 48.5 Å². The molecule has 0 aliphatic rings. The van der Waals surface area contributed by atoms with Crippen LogP contribution < -0.4 is 21.9 Å². The molecule has 0 spiro atoms. The van der Waals surface area contributed by atoms with Gasteiger partial charge in [0.2, 0.25) is 0 Å². The normalized spacial score (nSPS) is 12.6. The maximum Gasteiger partial charge on any atom is 0.263 e. The summed E-state index contributed by atoms with van der Waals surface area (Å²) in [6, 6.07) is 26.9. The smallest absolute Gasteiger partial charge is 0.263 e. The van der Waals surface area contributed by atoms with Crippen molar-refractivity contribution in [3.8, 4) is 22.9 Å². The Morgan fingerprint density at radius 2 is 1.89 bits per heavy atom. The molecule has 4 N–H and O–H groups in total. The van der Waals surface area contributed by atoms with Crippen LogP contribution >= 0.6 is 0 Å². The zero-order chi connectivity index (χ0) is 27.1. The molecule has 1 atom stereocenters. The summed E-state index contributed by atoms with van der Waals surface area (Å²) in [5.74, 6) is 0.252. The van der Waals surface area contributed by atoms with Crippen LogP contribution in [0.3, 0.4) is 0 Å². The molecule has 4 rings (SSSR count). The van der Waals surface area contributed by atoms with Crippen molar-refractivity contribution >= 4 is 29.4 Å². The molecule has 0 bridgehead atoms. The minimum atomic E-state index is -0.418. The minimum absolute atomic E-state index is 0.0446. The monoisotopic (exact) mass is 503 g/mol. The van der Waals surface area contributed by atoms with Crippen molar-refractivity contribution in [2.24, 2.45) is 15.7 Å². The number of nitrogens with one attached hydrogen (secondary N) is 2. The molecule has 0 fully saturated rings. The Morgan fingerprint density at radius 1 is 1.13 bits per heavy atom. The molecule has 8 nitrogen and oxygen atoms in total. The topological polar surface area (TPSA) is 121 Å². The highest BCUT2D eigenvalue weighted by atomic mass is 16.1. The fourth-order valence-corrected chi connectivity index (χ4v) is 4.40. The fraction of sp³-hybridized carbons (Fsp3) is 0.133. The molecule has 0 saturated carbocycles. The molecule has 3 aromatic carbocycles. The lowest BCUT2D eigenvalue weighted by molar-refractivity contribution is 0.610. The van der Waals surface area contributed by atoms with Gasteiger partial charge in [0, 0.05) is 30.3 Å². The maximum atomic E-state index is 14.3. The Balaban J connectivity index is 1.97. The van der Waals surface area contributed by atoms with Gasteiger partial charge in [0.25, 0.3) is 5.56 Å². The van der Waals surface area contributed by atoms with Crippen molar-refractivity contribution in [1.29, 1.82) is 5.26 Å². The number of pyridine rings is 1. The van der Waals surface area contributed by atoms with Crippen LogP contribution in [-0.4, -0.2) is 31.2 Å². The third kappa shape index (κ3) is 5.24. The average molecular weight is 504 g/mol. The number of nitrogens with two attached hydrogens (primary N) is 1. The summed E-state index contributed by atoms with van der Waals surface area (Å²) in [7, 11) is 1.87. The number of hydrogen-bond donors (Lipinski definition) is 3. The van der Waals surface area contributed by atoms with Crippen LogP contribution in [0.5, 0.6) is 0 Å². The third-order valence-corrected chi connectivity index (χ3v) is 6.21. The number of hydrogen-bond acceptors (Lipinski definition) is 7. The SMILES string of the molecule is C=N/C(N[C@@H](C)c1cc2cccc(-c3cccc(NC)c3)c2c(=O)n1-c1ccccc1)=C(C#N)\C=N/CN.